The molecule has 1 aromatic heterocycles. The van der Waals surface area contributed by atoms with Crippen LogP contribution in [0.2, 0.25) is 0 Å². The van der Waals surface area contributed by atoms with Crippen LogP contribution in [0.1, 0.15) is 63.9 Å². The zero-order chi connectivity index (χ0) is 14.3. The number of rotatable bonds is 8. The molecular weight excluding hydrogens is 236 g/mol. The fourth-order valence-corrected chi connectivity index (χ4v) is 2.12. The van der Waals surface area contributed by atoms with Crippen LogP contribution in [0.15, 0.2) is 18.3 Å². The lowest BCUT2D eigenvalue weighted by molar-refractivity contribution is 0.0983. The zero-order valence-corrected chi connectivity index (χ0v) is 12.6. The van der Waals surface area contributed by atoms with Crippen LogP contribution in [-0.4, -0.2) is 23.4 Å². The molecule has 0 aromatic carbocycles. The fraction of sp³-hybridized carbons (Fsp3) is 0.625. The first-order valence-electron chi connectivity index (χ1n) is 7.36. The van der Waals surface area contributed by atoms with Crippen molar-refractivity contribution in [2.45, 2.75) is 59.4 Å². The van der Waals surface area contributed by atoms with Gasteiger partial charge >= 0.3 is 0 Å². The summed E-state index contributed by atoms with van der Waals surface area (Å²) in [6.07, 6.45) is 6.02. The third-order valence-corrected chi connectivity index (χ3v) is 3.31. The zero-order valence-electron chi connectivity index (χ0n) is 12.6. The van der Waals surface area contributed by atoms with Gasteiger partial charge in [0.05, 0.1) is 11.9 Å². The number of unbranched alkanes of at least 4 members (excludes halogenated alkanes) is 2. The van der Waals surface area contributed by atoms with E-state index in [0.29, 0.717) is 18.2 Å². The first-order valence-corrected chi connectivity index (χ1v) is 7.36. The predicted octanol–water partition coefficient (Wildman–Crippen LogP) is 4.08. The quantitative estimate of drug-likeness (QED) is 0.523. The van der Waals surface area contributed by atoms with Crippen LogP contribution in [0.25, 0.3) is 0 Å². The molecule has 1 aromatic rings. The topological polar surface area (TPSA) is 33.2 Å². The van der Waals surface area contributed by atoms with Crippen molar-refractivity contribution in [1.29, 1.82) is 0 Å². The normalized spacial score (nSPS) is 10.8. The van der Waals surface area contributed by atoms with Gasteiger partial charge in [-0.15, -0.1) is 0 Å². The molecule has 0 bridgehead atoms. The Labute approximate surface area is 117 Å². The summed E-state index contributed by atoms with van der Waals surface area (Å²) in [6, 6.07) is 4.31. The van der Waals surface area contributed by atoms with Gasteiger partial charge in [-0.2, -0.15) is 0 Å². The molecule has 1 rings (SSSR count). The minimum absolute atomic E-state index is 0.105. The Morgan fingerprint density at radius 2 is 2.00 bits per heavy atom. The monoisotopic (exact) mass is 262 g/mol. The minimum Gasteiger partial charge on any atom is -0.368 e. The summed E-state index contributed by atoms with van der Waals surface area (Å²) >= 11 is 0. The maximum absolute atomic E-state index is 11.6. The molecule has 0 aliphatic rings. The molecule has 0 unspecified atom stereocenters. The van der Waals surface area contributed by atoms with Crippen molar-refractivity contribution in [2.24, 2.45) is 0 Å². The molecule has 3 heteroatoms. The number of hydrogen-bond acceptors (Lipinski definition) is 3. The van der Waals surface area contributed by atoms with Crippen molar-refractivity contribution in [3.05, 3.63) is 24.0 Å². The molecule has 3 nitrogen and oxygen atoms in total. The molecule has 0 N–H and O–H groups in total. The number of ketones is 1. The number of hydrogen-bond donors (Lipinski definition) is 0. The largest absolute Gasteiger partial charge is 0.368 e. The van der Waals surface area contributed by atoms with Crippen molar-refractivity contribution < 1.29 is 4.79 Å². The highest BCUT2D eigenvalue weighted by Gasteiger charge is 2.11. The Bertz CT molecular complexity index is 384. The van der Waals surface area contributed by atoms with E-state index in [9.17, 15) is 4.79 Å². The second-order valence-electron chi connectivity index (χ2n) is 5.17. The standard InChI is InChI=1S/C16H26N2O/c1-5-7-8-11-18(13(3)4)14-9-10-15(17-12-14)16(19)6-2/h9-10,12-13H,5-8,11H2,1-4H3. The highest BCUT2D eigenvalue weighted by Crippen LogP contribution is 2.17. The average Bonchev–Trinajstić information content (AvgIpc) is 2.42. The Kier molecular flexibility index (Phi) is 6.54. The van der Waals surface area contributed by atoms with Crippen molar-refractivity contribution in [3.8, 4) is 0 Å². The molecule has 0 aliphatic heterocycles. The Balaban J connectivity index is 2.76. The number of carbonyl (C=O) groups is 1. The fourth-order valence-electron chi connectivity index (χ4n) is 2.12. The van der Waals surface area contributed by atoms with Crippen LogP contribution in [0.4, 0.5) is 5.69 Å². The van der Waals surface area contributed by atoms with Crippen molar-refractivity contribution in [3.63, 3.8) is 0 Å². The van der Waals surface area contributed by atoms with Gasteiger partial charge in [-0.05, 0) is 32.4 Å². The lowest BCUT2D eigenvalue weighted by Crippen LogP contribution is -2.31. The summed E-state index contributed by atoms with van der Waals surface area (Å²) in [7, 11) is 0. The van der Waals surface area contributed by atoms with E-state index in [4.69, 9.17) is 0 Å². The second kappa shape index (κ2) is 7.93. The van der Waals surface area contributed by atoms with Gasteiger partial charge in [-0.1, -0.05) is 26.7 Å². The summed E-state index contributed by atoms with van der Waals surface area (Å²) in [5.74, 6) is 0.105. The predicted molar refractivity (Wildman–Crippen MR) is 80.9 cm³/mol. The highest BCUT2D eigenvalue weighted by molar-refractivity contribution is 5.94. The SMILES string of the molecule is CCCCCN(c1ccc(C(=O)CC)nc1)C(C)C. The highest BCUT2D eigenvalue weighted by atomic mass is 16.1. The second-order valence-corrected chi connectivity index (χ2v) is 5.17. The number of aromatic nitrogens is 1. The molecule has 0 atom stereocenters. The van der Waals surface area contributed by atoms with Crippen LogP contribution in [0.5, 0.6) is 0 Å². The van der Waals surface area contributed by atoms with Gasteiger partial charge in [0.2, 0.25) is 0 Å². The van der Waals surface area contributed by atoms with Crippen LogP contribution < -0.4 is 4.90 Å². The van der Waals surface area contributed by atoms with Gasteiger partial charge in [0.1, 0.15) is 5.69 Å². The Hall–Kier alpha value is -1.38. The summed E-state index contributed by atoms with van der Waals surface area (Å²) in [5, 5.41) is 0. The number of carbonyl (C=O) groups excluding carboxylic acids is 1. The van der Waals surface area contributed by atoms with E-state index in [1.54, 1.807) is 0 Å². The Morgan fingerprint density at radius 1 is 1.26 bits per heavy atom. The maximum atomic E-state index is 11.6. The molecule has 0 aliphatic carbocycles. The molecular formula is C16H26N2O. The lowest BCUT2D eigenvalue weighted by Gasteiger charge is -2.28. The van der Waals surface area contributed by atoms with Crippen molar-refractivity contribution in [2.75, 3.05) is 11.4 Å². The molecule has 19 heavy (non-hydrogen) atoms. The molecule has 0 saturated heterocycles. The first-order chi connectivity index (χ1) is 9.10. The number of anilines is 1. The van der Waals surface area contributed by atoms with Crippen LogP contribution >= 0.6 is 0 Å². The molecule has 0 fully saturated rings. The van der Waals surface area contributed by atoms with Crippen LogP contribution in [-0.2, 0) is 0 Å². The third kappa shape index (κ3) is 4.66. The van der Waals surface area contributed by atoms with Gasteiger partial charge in [0.15, 0.2) is 5.78 Å². The van der Waals surface area contributed by atoms with E-state index in [-0.39, 0.29) is 5.78 Å². The molecule has 0 saturated carbocycles. The Morgan fingerprint density at radius 3 is 2.47 bits per heavy atom. The molecule has 106 valence electrons. The number of nitrogens with zero attached hydrogens (tertiary/aromatic N) is 2. The number of pyridine rings is 1. The summed E-state index contributed by atoms with van der Waals surface area (Å²) < 4.78 is 0. The van der Waals surface area contributed by atoms with E-state index in [0.717, 1.165) is 12.2 Å². The number of Topliss-reactive ketones (excluding diaryl/α,β-unsaturated/α-hetero) is 1. The summed E-state index contributed by atoms with van der Waals surface area (Å²) in [5.41, 5.74) is 1.68. The molecule has 0 spiro atoms. The van der Waals surface area contributed by atoms with Gasteiger partial charge in [0, 0.05) is 19.0 Å². The van der Waals surface area contributed by atoms with E-state index in [1.807, 2.05) is 25.3 Å². The third-order valence-electron chi connectivity index (χ3n) is 3.31. The maximum Gasteiger partial charge on any atom is 0.180 e. The lowest BCUT2D eigenvalue weighted by atomic mass is 10.1. The van der Waals surface area contributed by atoms with Crippen molar-refractivity contribution >= 4 is 11.5 Å². The van der Waals surface area contributed by atoms with Crippen LogP contribution in [0.3, 0.4) is 0 Å². The molecule has 1 heterocycles. The smallest absolute Gasteiger partial charge is 0.180 e. The molecule has 0 radical (unpaired) electrons. The summed E-state index contributed by atoms with van der Waals surface area (Å²) in [6.45, 7) is 9.51. The van der Waals surface area contributed by atoms with E-state index >= 15 is 0 Å². The minimum atomic E-state index is 0.105. The van der Waals surface area contributed by atoms with Crippen LogP contribution in [0, 0.1) is 0 Å². The first kappa shape index (κ1) is 15.7. The van der Waals surface area contributed by atoms with E-state index < -0.39 is 0 Å². The molecule has 0 amide bonds. The van der Waals surface area contributed by atoms with E-state index in [2.05, 4.69) is 30.7 Å². The van der Waals surface area contributed by atoms with Gasteiger partial charge < -0.3 is 4.90 Å². The van der Waals surface area contributed by atoms with Crippen molar-refractivity contribution in [1.82, 2.24) is 4.98 Å². The van der Waals surface area contributed by atoms with Gasteiger partial charge in [-0.3, -0.25) is 9.78 Å². The van der Waals surface area contributed by atoms with Gasteiger partial charge in [0.25, 0.3) is 0 Å². The van der Waals surface area contributed by atoms with E-state index in [1.165, 1.54) is 19.3 Å². The average molecular weight is 262 g/mol. The van der Waals surface area contributed by atoms with Gasteiger partial charge in [-0.25, -0.2) is 0 Å². The summed E-state index contributed by atoms with van der Waals surface area (Å²) in [4.78, 5) is 18.2.